The lowest BCUT2D eigenvalue weighted by Crippen LogP contribution is -2.31. The fraction of sp³-hybridized carbons (Fsp3) is 0.500. The number of nitrogens with two attached hydrogens (primary N) is 1. The highest BCUT2D eigenvalue weighted by Crippen LogP contribution is 2.37. The molecule has 102 valence electrons. The van der Waals surface area contributed by atoms with Crippen molar-refractivity contribution in [2.75, 3.05) is 35.0 Å². The fourth-order valence-corrected chi connectivity index (χ4v) is 1.72. The SMILES string of the molecule is COCC(NN)c1cc(OC)c(OC)cc1OC. The average Bonchev–Trinajstić information content (AvgIpc) is 2.43. The van der Waals surface area contributed by atoms with Crippen LogP contribution in [0, 0.1) is 0 Å². The zero-order chi connectivity index (χ0) is 13.5. The maximum atomic E-state index is 5.52. The molecule has 0 bridgehead atoms. The number of methoxy groups -OCH3 is 4. The van der Waals surface area contributed by atoms with Crippen LogP contribution >= 0.6 is 0 Å². The number of benzene rings is 1. The normalized spacial score (nSPS) is 12.1. The van der Waals surface area contributed by atoms with Crippen molar-refractivity contribution in [1.29, 1.82) is 0 Å². The molecule has 0 spiro atoms. The molecule has 0 amide bonds. The van der Waals surface area contributed by atoms with Gasteiger partial charge in [0.05, 0.1) is 34.0 Å². The van der Waals surface area contributed by atoms with Crippen molar-refractivity contribution < 1.29 is 18.9 Å². The molecule has 1 rings (SSSR count). The van der Waals surface area contributed by atoms with Crippen molar-refractivity contribution in [1.82, 2.24) is 5.43 Å². The van der Waals surface area contributed by atoms with Crippen LogP contribution in [0.5, 0.6) is 17.2 Å². The van der Waals surface area contributed by atoms with Gasteiger partial charge in [-0.2, -0.15) is 0 Å². The second-order valence-electron chi connectivity index (χ2n) is 3.62. The van der Waals surface area contributed by atoms with Gasteiger partial charge in [-0.3, -0.25) is 11.3 Å². The molecular formula is C12H20N2O4. The van der Waals surface area contributed by atoms with Gasteiger partial charge in [0.1, 0.15) is 5.75 Å². The molecule has 6 nitrogen and oxygen atoms in total. The van der Waals surface area contributed by atoms with E-state index >= 15 is 0 Å². The van der Waals surface area contributed by atoms with E-state index in [0.29, 0.717) is 23.9 Å². The van der Waals surface area contributed by atoms with Crippen molar-refractivity contribution in [2.45, 2.75) is 6.04 Å². The third-order valence-electron chi connectivity index (χ3n) is 2.65. The summed E-state index contributed by atoms with van der Waals surface area (Å²) in [4.78, 5) is 0. The Balaban J connectivity index is 3.23. The van der Waals surface area contributed by atoms with E-state index in [1.165, 1.54) is 0 Å². The lowest BCUT2D eigenvalue weighted by molar-refractivity contribution is 0.165. The van der Waals surface area contributed by atoms with Gasteiger partial charge in [-0.15, -0.1) is 0 Å². The van der Waals surface area contributed by atoms with E-state index in [4.69, 9.17) is 24.8 Å². The van der Waals surface area contributed by atoms with E-state index in [-0.39, 0.29) is 6.04 Å². The second kappa shape index (κ2) is 7.05. The van der Waals surface area contributed by atoms with Crippen molar-refractivity contribution in [3.05, 3.63) is 17.7 Å². The number of ether oxygens (including phenoxy) is 4. The molecule has 0 fully saturated rings. The minimum atomic E-state index is -0.190. The van der Waals surface area contributed by atoms with Crippen molar-refractivity contribution in [3.8, 4) is 17.2 Å². The van der Waals surface area contributed by atoms with Crippen LogP contribution in [-0.4, -0.2) is 35.0 Å². The molecule has 3 N–H and O–H groups in total. The molecule has 0 aliphatic carbocycles. The number of rotatable bonds is 7. The molecular weight excluding hydrogens is 236 g/mol. The maximum absolute atomic E-state index is 5.52. The van der Waals surface area contributed by atoms with Gasteiger partial charge in [0.2, 0.25) is 0 Å². The van der Waals surface area contributed by atoms with Gasteiger partial charge >= 0.3 is 0 Å². The molecule has 1 aromatic carbocycles. The Labute approximate surface area is 107 Å². The van der Waals surface area contributed by atoms with Crippen LogP contribution in [-0.2, 0) is 4.74 Å². The molecule has 6 heteroatoms. The third kappa shape index (κ3) is 3.04. The Morgan fingerprint density at radius 2 is 1.56 bits per heavy atom. The summed E-state index contributed by atoms with van der Waals surface area (Å²) in [6, 6.07) is 3.39. The Morgan fingerprint density at radius 1 is 1.00 bits per heavy atom. The van der Waals surface area contributed by atoms with Crippen LogP contribution < -0.4 is 25.5 Å². The van der Waals surface area contributed by atoms with E-state index in [1.54, 1.807) is 34.5 Å². The van der Waals surface area contributed by atoms with E-state index in [0.717, 1.165) is 5.56 Å². The van der Waals surface area contributed by atoms with Crippen LogP contribution in [0.15, 0.2) is 12.1 Å². The van der Waals surface area contributed by atoms with Crippen LogP contribution in [0.3, 0.4) is 0 Å². The van der Waals surface area contributed by atoms with E-state index in [1.807, 2.05) is 6.07 Å². The standard InChI is InChI=1S/C12H20N2O4/c1-15-7-9(14-13)8-5-11(17-3)12(18-4)6-10(8)16-2/h5-6,9,14H,7,13H2,1-4H3. The van der Waals surface area contributed by atoms with Crippen molar-refractivity contribution in [2.24, 2.45) is 5.84 Å². The molecule has 1 unspecified atom stereocenters. The highest BCUT2D eigenvalue weighted by atomic mass is 16.5. The van der Waals surface area contributed by atoms with Crippen LogP contribution in [0.4, 0.5) is 0 Å². The summed E-state index contributed by atoms with van der Waals surface area (Å²) >= 11 is 0. The molecule has 0 aliphatic heterocycles. The van der Waals surface area contributed by atoms with Gasteiger partial charge in [-0.25, -0.2) is 0 Å². The third-order valence-corrected chi connectivity index (χ3v) is 2.65. The second-order valence-corrected chi connectivity index (χ2v) is 3.62. The Hall–Kier alpha value is -1.50. The molecule has 0 saturated heterocycles. The van der Waals surface area contributed by atoms with E-state index in [2.05, 4.69) is 5.43 Å². The number of nitrogens with one attached hydrogen (secondary N) is 1. The monoisotopic (exact) mass is 256 g/mol. The lowest BCUT2D eigenvalue weighted by atomic mass is 10.1. The quantitative estimate of drug-likeness (QED) is 0.557. The number of hydrazine groups is 1. The predicted octanol–water partition coefficient (Wildman–Crippen LogP) is 0.863. The lowest BCUT2D eigenvalue weighted by Gasteiger charge is -2.20. The summed E-state index contributed by atoms with van der Waals surface area (Å²) in [6.45, 7) is 0.419. The zero-order valence-electron chi connectivity index (χ0n) is 11.1. The maximum Gasteiger partial charge on any atom is 0.164 e. The molecule has 1 aromatic rings. The predicted molar refractivity (Wildman–Crippen MR) is 68.0 cm³/mol. The van der Waals surface area contributed by atoms with Gasteiger partial charge in [-0.05, 0) is 6.07 Å². The van der Waals surface area contributed by atoms with Crippen LogP contribution in [0.25, 0.3) is 0 Å². The number of hydrogen-bond acceptors (Lipinski definition) is 6. The molecule has 0 radical (unpaired) electrons. The minimum Gasteiger partial charge on any atom is -0.496 e. The highest BCUT2D eigenvalue weighted by Gasteiger charge is 2.18. The smallest absolute Gasteiger partial charge is 0.164 e. The highest BCUT2D eigenvalue weighted by molar-refractivity contribution is 5.51. The first-order chi connectivity index (χ1) is 8.71. The minimum absolute atomic E-state index is 0.190. The van der Waals surface area contributed by atoms with Crippen LogP contribution in [0.2, 0.25) is 0 Å². The Bertz CT molecular complexity index is 385. The summed E-state index contributed by atoms with van der Waals surface area (Å²) in [5, 5.41) is 0. The zero-order valence-corrected chi connectivity index (χ0v) is 11.1. The van der Waals surface area contributed by atoms with Gasteiger partial charge < -0.3 is 18.9 Å². The molecule has 0 aromatic heterocycles. The van der Waals surface area contributed by atoms with Crippen LogP contribution in [0.1, 0.15) is 11.6 Å². The topological polar surface area (TPSA) is 75.0 Å². The van der Waals surface area contributed by atoms with E-state index in [9.17, 15) is 0 Å². The first-order valence-corrected chi connectivity index (χ1v) is 5.46. The number of hydrogen-bond donors (Lipinski definition) is 2. The van der Waals surface area contributed by atoms with E-state index < -0.39 is 0 Å². The Kier molecular flexibility index (Phi) is 5.70. The summed E-state index contributed by atoms with van der Waals surface area (Å²) in [5.41, 5.74) is 3.53. The fourth-order valence-electron chi connectivity index (χ4n) is 1.72. The molecule has 1 atom stereocenters. The van der Waals surface area contributed by atoms with Crippen molar-refractivity contribution in [3.63, 3.8) is 0 Å². The largest absolute Gasteiger partial charge is 0.496 e. The van der Waals surface area contributed by atoms with Gasteiger partial charge in [0.25, 0.3) is 0 Å². The molecule has 0 aliphatic rings. The van der Waals surface area contributed by atoms with Gasteiger partial charge in [0, 0.05) is 18.7 Å². The average molecular weight is 256 g/mol. The van der Waals surface area contributed by atoms with Crippen molar-refractivity contribution >= 4 is 0 Å². The molecule has 0 heterocycles. The van der Waals surface area contributed by atoms with Gasteiger partial charge in [0.15, 0.2) is 11.5 Å². The first-order valence-electron chi connectivity index (χ1n) is 5.46. The first kappa shape index (κ1) is 14.6. The van der Waals surface area contributed by atoms with Gasteiger partial charge in [-0.1, -0.05) is 0 Å². The summed E-state index contributed by atoms with van der Waals surface area (Å²) < 4.78 is 20.9. The Morgan fingerprint density at radius 3 is 2.00 bits per heavy atom. The molecule has 18 heavy (non-hydrogen) atoms. The summed E-state index contributed by atoms with van der Waals surface area (Å²) in [5.74, 6) is 7.40. The summed E-state index contributed by atoms with van der Waals surface area (Å²) in [6.07, 6.45) is 0. The summed E-state index contributed by atoms with van der Waals surface area (Å²) in [7, 11) is 6.35. The molecule has 0 saturated carbocycles.